The molecule has 3 rings (SSSR count). The SMILES string of the molecule is COC(=O)[C@@H]1Cc2ccc(OCCNC(=O)OC(C)(C)C)c(c2)-c2cc(ccc2OCCNC(=O)OC(C)(C)C)[C@H](N(C)C(=O)[C@H](CO)N[SH](=O)=O)C(=O)N[C@@H](C)C(=O)N1. The number of aliphatic hydroxyl groups excluding tert-OH is 1. The fourth-order valence-electron chi connectivity index (χ4n) is 5.80. The Labute approximate surface area is 350 Å². The molecule has 0 aromatic heterocycles. The number of likely N-dealkylation sites (N-methyl/N-ethyl adjacent to an activating group) is 1. The molecular weight excluding hydrogens is 809 g/mol. The van der Waals surface area contributed by atoms with E-state index in [1.165, 1.54) is 32.2 Å². The van der Waals surface area contributed by atoms with Gasteiger partial charge in [0.15, 0.2) is 0 Å². The monoisotopic (exact) mass is 864 g/mol. The van der Waals surface area contributed by atoms with Gasteiger partial charge in [-0.3, -0.25) is 14.4 Å². The predicted octanol–water partition coefficient (Wildman–Crippen LogP) is 0.856. The molecule has 4 bridgehead atoms. The fourth-order valence-corrected chi connectivity index (χ4v) is 6.25. The van der Waals surface area contributed by atoms with E-state index < -0.39 is 88.7 Å². The van der Waals surface area contributed by atoms with E-state index >= 15 is 0 Å². The van der Waals surface area contributed by atoms with Crippen LogP contribution >= 0.6 is 0 Å². The Morgan fingerprint density at radius 1 is 0.850 bits per heavy atom. The minimum atomic E-state index is -3.35. The third kappa shape index (κ3) is 14.9. The predicted molar refractivity (Wildman–Crippen MR) is 216 cm³/mol. The van der Waals surface area contributed by atoms with Crippen molar-refractivity contribution in [3.8, 4) is 22.6 Å². The smallest absolute Gasteiger partial charge is 0.407 e. The van der Waals surface area contributed by atoms with E-state index in [0.29, 0.717) is 16.7 Å². The number of carbonyl (C=O) groups excluding carboxylic acids is 6. The van der Waals surface area contributed by atoms with Gasteiger partial charge in [-0.1, -0.05) is 12.1 Å². The van der Waals surface area contributed by atoms with Crippen molar-refractivity contribution >= 4 is 46.8 Å². The zero-order chi connectivity index (χ0) is 44.9. The first kappa shape index (κ1) is 48.7. The molecule has 332 valence electrons. The molecule has 2 aromatic rings. The number of nitrogens with one attached hydrogen (secondary N) is 5. The number of ether oxygens (including phenoxy) is 5. The normalized spacial score (nSPS) is 17.5. The van der Waals surface area contributed by atoms with E-state index in [1.54, 1.807) is 59.7 Å². The molecule has 0 saturated heterocycles. The maximum absolute atomic E-state index is 14.2. The van der Waals surface area contributed by atoms with Crippen molar-refractivity contribution < 1.29 is 66.0 Å². The molecule has 0 saturated carbocycles. The summed E-state index contributed by atoms with van der Waals surface area (Å²) in [6, 6.07) is 3.73. The van der Waals surface area contributed by atoms with Gasteiger partial charge in [0, 0.05) is 24.6 Å². The second-order valence-electron chi connectivity index (χ2n) is 15.6. The van der Waals surface area contributed by atoms with Crippen molar-refractivity contribution in [2.24, 2.45) is 0 Å². The highest BCUT2D eigenvalue weighted by atomic mass is 32.2. The van der Waals surface area contributed by atoms with Gasteiger partial charge in [0.05, 0.1) is 26.8 Å². The topological polar surface area (TPSA) is 266 Å². The molecule has 0 spiro atoms. The summed E-state index contributed by atoms with van der Waals surface area (Å²) in [7, 11) is -0.977. The number of hydrogen-bond donors (Lipinski definition) is 7. The van der Waals surface area contributed by atoms with Gasteiger partial charge in [-0.25, -0.2) is 27.5 Å². The number of benzene rings is 2. The summed E-state index contributed by atoms with van der Waals surface area (Å²) < 4.78 is 52.9. The molecule has 21 heteroatoms. The van der Waals surface area contributed by atoms with Crippen molar-refractivity contribution in [1.29, 1.82) is 0 Å². The van der Waals surface area contributed by atoms with Crippen molar-refractivity contribution in [1.82, 2.24) is 30.9 Å². The lowest BCUT2D eigenvalue weighted by molar-refractivity contribution is -0.145. The molecule has 0 aliphatic carbocycles. The molecule has 5 amide bonds. The zero-order valence-corrected chi connectivity index (χ0v) is 36.1. The number of nitrogens with zero attached hydrogens (tertiary/aromatic N) is 1. The molecule has 1 aliphatic heterocycles. The number of aliphatic hydroxyl groups is 1. The lowest BCUT2D eigenvalue weighted by Crippen LogP contribution is -2.54. The second-order valence-corrected chi connectivity index (χ2v) is 16.4. The summed E-state index contributed by atoms with van der Waals surface area (Å²) in [5, 5.41) is 20.3. The number of esters is 1. The van der Waals surface area contributed by atoms with Gasteiger partial charge in [-0.2, -0.15) is 0 Å². The molecule has 0 radical (unpaired) electrons. The molecule has 1 aliphatic rings. The van der Waals surface area contributed by atoms with Crippen LogP contribution in [0.15, 0.2) is 36.4 Å². The van der Waals surface area contributed by atoms with Crippen LogP contribution in [0.4, 0.5) is 9.59 Å². The Morgan fingerprint density at radius 3 is 1.88 bits per heavy atom. The zero-order valence-electron chi connectivity index (χ0n) is 35.2. The van der Waals surface area contributed by atoms with Gasteiger partial charge in [0.25, 0.3) is 0 Å². The average Bonchev–Trinajstić information content (AvgIpc) is 3.15. The summed E-state index contributed by atoms with van der Waals surface area (Å²) in [5.41, 5.74) is -0.180. The molecule has 60 heavy (non-hydrogen) atoms. The minimum Gasteiger partial charge on any atom is -0.491 e. The van der Waals surface area contributed by atoms with E-state index in [0.717, 1.165) is 12.0 Å². The highest BCUT2D eigenvalue weighted by molar-refractivity contribution is 7.70. The second kappa shape index (κ2) is 21.5. The van der Waals surface area contributed by atoms with E-state index in [1.807, 2.05) is 4.72 Å². The Hall–Kier alpha value is -5.67. The molecule has 20 nitrogen and oxygen atoms in total. The number of thiol groups is 1. The first-order valence-corrected chi connectivity index (χ1v) is 20.1. The first-order valence-electron chi connectivity index (χ1n) is 19.0. The van der Waals surface area contributed by atoms with Crippen LogP contribution in [-0.2, 0) is 50.7 Å². The summed E-state index contributed by atoms with van der Waals surface area (Å²) in [4.78, 5) is 79.8. The maximum Gasteiger partial charge on any atom is 0.407 e. The summed E-state index contributed by atoms with van der Waals surface area (Å²) in [6.07, 6.45) is -1.41. The fraction of sp³-hybridized carbons (Fsp3) is 0.538. The van der Waals surface area contributed by atoms with Crippen molar-refractivity contribution in [3.63, 3.8) is 0 Å². The average molecular weight is 865 g/mol. The Kier molecular flexibility index (Phi) is 17.5. The molecule has 4 atom stereocenters. The van der Waals surface area contributed by atoms with Gasteiger partial charge in [-0.05, 0) is 83.9 Å². The number of amides is 5. The molecule has 2 aromatic carbocycles. The number of methoxy groups -OCH3 is 1. The summed E-state index contributed by atoms with van der Waals surface area (Å²) >= 11 is 0. The van der Waals surface area contributed by atoms with E-state index in [9.17, 15) is 42.3 Å². The summed E-state index contributed by atoms with van der Waals surface area (Å²) in [6.45, 7) is 10.6. The number of carbonyl (C=O) groups is 6. The molecule has 0 unspecified atom stereocenters. The quantitative estimate of drug-likeness (QED) is 0.0602. The van der Waals surface area contributed by atoms with Crippen molar-refractivity contribution in [2.75, 3.05) is 47.1 Å². The van der Waals surface area contributed by atoms with Crippen LogP contribution in [0.1, 0.15) is 65.6 Å². The maximum atomic E-state index is 14.2. The van der Waals surface area contributed by atoms with Crippen LogP contribution in [0.3, 0.4) is 0 Å². The van der Waals surface area contributed by atoms with Gasteiger partial charge in [0.1, 0.15) is 60.1 Å². The number of rotatable bonds is 14. The Balaban J connectivity index is 2.25. The largest absolute Gasteiger partial charge is 0.491 e. The van der Waals surface area contributed by atoms with E-state index in [4.69, 9.17) is 23.7 Å². The van der Waals surface area contributed by atoms with Gasteiger partial charge < -0.3 is 55.0 Å². The van der Waals surface area contributed by atoms with Crippen LogP contribution in [-0.4, -0.2) is 131 Å². The van der Waals surface area contributed by atoms with E-state index in [2.05, 4.69) is 21.3 Å². The Bertz CT molecular complexity index is 1950. The Morgan fingerprint density at radius 2 is 1.38 bits per heavy atom. The van der Waals surface area contributed by atoms with Crippen molar-refractivity contribution in [2.45, 2.75) is 90.3 Å². The number of alkyl carbamates (subject to hydrolysis) is 2. The molecular formula is C39H56N6O14S. The lowest BCUT2D eigenvalue weighted by Gasteiger charge is -2.31. The first-order chi connectivity index (χ1) is 28.0. The molecule has 1 heterocycles. The van der Waals surface area contributed by atoms with Crippen molar-refractivity contribution in [3.05, 3.63) is 47.5 Å². The van der Waals surface area contributed by atoms with Crippen LogP contribution in [0, 0.1) is 0 Å². The van der Waals surface area contributed by atoms with Gasteiger partial charge in [-0.15, -0.1) is 0 Å². The van der Waals surface area contributed by atoms with Gasteiger partial charge >= 0.3 is 18.2 Å². The third-order valence-corrected chi connectivity index (χ3v) is 8.95. The molecule has 6 N–H and O–H groups in total. The van der Waals surface area contributed by atoms with Crippen LogP contribution in [0.2, 0.25) is 0 Å². The van der Waals surface area contributed by atoms with Gasteiger partial charge in [0.2, 0.25) is 28.6 Å². The van der Waals surface area contributed by atoms with Crippen LogP contribution in [0.5, 0.6) is 11.5 Å². The number of fused-ring (bicyclic) bond motifs is 5. The standard InChI is InChI=1S/C39H56N6O14S/c1-22-32(47)43-27(35(50)55-9)19-23-10-12-29(56-16-14-40-36(51)58-38(2,3)4)25(18-23)26-20-24(11-13-30(26)57-17-15-41-37(52)59-39(5,6)7)31(33(48)42-22)45(8)34(49)28(21-46)44-60(53)54/h10-13,18,20,22,27-28,31,46,60H,14-17,19,21H2,1-9H3,(H,40,51)(H,41,52)(H,42,48)(H,43,47)(H,44,53,54)/t22-,27-,28-,31-/m0/s1. The lowest BCUT2D eigenvalue weighted by atomic mass is 9.93. The molecule has 0 fully saturated rings. The highest BCUT2D eigenvalue weighted by Gasteiger charge is 2.36. The van der Waals surface area contributed by atoms with Crippen LogP contribution in [0.25, 0.3) is 11.1 Å². The minimum absolute atomic E-state index is 0.00796. The van der Waals surface area contributed by atoms with Crippen LogP contribution < -0.4 is 35.5 Å². The van der Waals surface area contributed by atoms with E-state index in [-0.39, 0.29) is 49.8 Å². The summed E-state index contributed by atoms with van der Waals surface area (Å²) in [5.74, 6) is -2.96. The number of hydrogen-bond acceptors (Lipinski definition) is 14. The third-order valence-electron chi connectivity index (χ3n) is 8.43. The highest BCUT2D eigenvalue weighted by Crippen LogP contribution is 2.40.